The van der Waals surface area contributed by atoms with Gasteiger partial charge < -0.3 is 4.52 Å². The van der Waals surface area contributed by atoms with E-state index in [0.717, 1.165) is 36.4 Å². The Bertz CT molecular complexity index is 603. The molecule has 0 saturated heterocycles. The minimum absolute atomic E-state index is 0.614. The highest BCUT2D eigenvalue weighted by atomic mass is 16.5. The molecule has 0 aliphatic heterocycles. The van der Waals surface area contributed by atoms with Crippen LogP contribution in [0.3, 0.4) is 0 Å². The van der Waals surface area contributed by atoms with Crippen LogP contribution in [-0.4, -0.2) is 29.7 Å². The van der Waals surface area contributed by atoms with Crippen LogP contribution in [0.1, 0.15) is 31.4 Å². The zero-order valence-electron chi connectivity index (χ0n) is 13.2. The van der Waals surface area contributed by atoms with Gasteiger partial charge >= 0.3 is 0 Å². The van der Waals surface area contributed by atoms with E-state index in [1.165, 1.54) is 19.3 Å². The number of nitrogens with zero attached hydrogens (tertiary/aromatic N) is 2. The molecule has 0 bridgehead atoms. The van der Waals surface area contributed by atoms with Gasteiger partial charge in [0.2, 0.25) is 0 Å². The predicted molar refractivity (Wildman–Crippen MR) is 89.7 cm³/mol. The lowest BCUT2D eigenvalue weighted by Crippen LogP contribution is -2.32. The molecule has 0 saturated carbocycles. The number of rotatable bonds is 6. The summed E-state index contributed by atoms with van der Waals surface area (Å²) in [6.07, 6.45) is 10.6. The Morgan fingerprint density at radius 2 is 2.14 bits per heavy atom. The first-order valence-electron chi connectivity index (χ1n) is 8.21. The van der Waals surface area contributed by atoms with E-state index >= 15 is 0 Å². The van der Waals surface area contributed by atoms with Crippen molar-refractivity contribution >= 4 is 0 Å². The molecule has 1 aromatic carbocycles. The van der Waals surface area contributed by atoms with Crippen LogP contribution in [-0.2, 0) is 6.42 Å². The first-order valence-corrected chi connectivity index (χ1v) is 8.21. The molecule has 1 heterocycles. The van der Waals surface area contributed by atoms with Crippen LogP contribution < -0.4 is 0 Å². The lowest BCUT2D eigenvalue weighted by atomic mass is 10.0. The Kier molecular flexibility index (Phi) is 5.07. The fourth-order valence-electron chi connectivity index (χ4n) is 3.01. The van der Waals surface area contributed by atoms with Crippen molar-refractivity contribution in [2.24, 2.45) is 0 Å². The summed E-state index contributed by atoms with van der Waals surface area (Å²) >= 11 is 0. The number of allylic oxidation sites excluding steroid dienone is 1. The van der Waals surface area contributed by atoms with E-state index in [1.54, 1.807) is 0 Å². The Morgan fingerprint density at radius 3 is 2.91 bits per heavy atom. The van der Waals surface area contributed by atoms with E-state index in [4.69, 9.17) is 4.52 Å². The van der Waals surface area contributed by atoms with E-state index in [0.29, 0.717) is 6.04 Å². The van der Waals surface area contributed by atoms with E-state index in [1.807, 2.05) is 18.2 Å². The molecule has 3 heteroatoms. The first-order chi connectivity index (χ1) is 10.8. The number of hydrogen-bond donors (Lipinski definition) is 0. The Balaban J connectivity index is 1.49. The van der Waals surface area contributed by atoms with Gasteiger partial charge in [0.25, 0.3) is 0 Å². The maximum absolute atomic E-state index is 5.46. The van der Waals surface area contributed by atoms with Gasteiger partial charge in [0, 0.05) is 24.1 Å². The van der Waals surface area contributed by atoms with Crippen LogP contribution >= 0.6 is 0 Å². The van der Waals surface area contributed by atoms with Crippen LogP contribution in [0, 0.1) is 0 Å². The maximum Gasteiger partial charge on any atom is 0.137 e. The molecular weight excluding hydrogens is 272 g/mol. The molecule has 1 aromatic heterocycles. The zero-order valence-corrected chi connectivity index (χ0v) is 13.2. The fraction of sp³-hybridized carbons (Fsp3) is 0.421. The van der Waals surface area contributed by atoms with Crippen molar-refractivity contribution in [1.82, 2.24) is 10.1 Å². The van der Waals surface area contributed by atoms with Gasteiger partial charge in [0.05, 0.1) is 0 Å². The summed E-state index contributed by atoms with van der Waals surface area (Å²) in [7, 11) is 2.22. The van der Waals surface area contributed by atoms with Crippen molar-refractivity contribution in [2.75, 3.05) is 13.6 Å². The maximum atomic E-state index is 5.46. The number of benzene rings is 1. The molecule has 22 heavy (non-hydrogen) atoms. The summed E-state index contributed by atoms with van der Waals surface area (Å²) in [5.74, 6) is 0.978. The van der Waals surface area contributed by atoms with E-state index in [9.17, 15) is 0 Å². The molecule has 2 aromatic rings. The number of hydrogen-bond acceptors (Lipinski definition) is 3. The Morgan fingerprint density at radius 1 is 1.27 bits per heavy atom. The molecule has 0 N–H and O–H groups in total. The molecule has 1 aliphatic rings. The normalized spacial score (nSPS) is 18.0. The number of aryl methyl sites for hydroxylation is 1. The van der Waals surface area contributed by atoms with Gasteiger partial charge in [-0.15, -0.1) is 0 Å². The van der Waals surface area contributed by atoms with Crippen LogP contribution in [0.25, 0.3) is 11.3 Å². The smallest absolute Gasteiger partial charge is 0.137 e. The van der Waals surface area contributed by atoms with Gasteiger partial charge in [0.1, 0.15) is 11.5 Å². The topological polar surface area (TPSA) is 29.3 Å². The molecule has 3 nitrogen and oxygen atoms in total. The Hall–Kier alpha value is -1.87. The molecule has 0 amide bonds. The summed E-state index contributed by atoms with van der Waals surface area (Å²) in [4.78, 5) is 2.45. The van der Waals surface area contributed by atoms with Crippen molar-refractivity contribution in [3.63, 3.8) is 0 Å². The average Bonchev–Trinajstić information content (AvgIpc) is 3.05. The Labute approximate surface area is 132 Å². The van der Waals surface area contributed by atoms with Crippen molar-refractivity contribution in [3.8, 4) is 11.3 Å². The standard InChI is InChI=1S/C19H24N2O/c1-21(17-11-6-3-7-12-17)14-8-13-18-15-19(20-22-18)16-9-4-2-5-10-16/h2,4-6,9-11,15,17H,3,7-8,12-14H2,1H3. The number of aromatic nitrogens is 1. The lowest BCUT2D eigenvalue weighted by molar-refractivity contribution is 0.255. The van der Waals surface area contributed by atoms with Gasteiger partial charge in [-0.05, 0) is 39.3 Å². The molecular formula is C19H24N2O. The second-order valence-corrected chi connectivity index (χ2v) is 6.06. The van der Waals surface area contributed by atoms with Gasteiger partial charge in [-0.2, -0.15) is 0 Å². The largest absolute Gasteiger partial charge is 0.361 e. The highest BCUT2D eigenvalue weighted by Gasteiger charge is 2.13. The van der Waals surface area contributed by atoms with Crippen molar-refractivity contribution in [2.45, 2.75) is 38.1 Å². The van der Waals surface area contributed by atoms with Gasteiger partial charge in [-0.3, -0.25) is 4.90 Å². The van der Waals surface area contributed by atoms with Crippen molar-refractivity contribution < 1.29 is 4.52 Å². The highest BCUT2D eigenvalue weighted by Crippen LogP contribution is 2.20. The molecule has 1 aliphatic carbocycles. The SMILES string of the molecule is CN(CCCc1cc(-c2ccccc2)no1)C1C=CCCC1. The summed E-state index contributed by atoms with van der Waals surface area (Å²) in [6, 6.07) is 12.9. The highest BCUT2D eigenvalue weighted by molar-refractivity contribution is 5.58. The summed E-state index contributed by atoms with van der Waals surface area (Å²) < 4.78 is 5.46. The van der Waals surface area contributed by atoms with E-state index in [2.05, 4.69) is 47.5 Å². The number of likely N-dealkylation sites (N-methyl/N-ethyl adjacent to an activating group) is 1. The van der Waals surface area contributed by atoms with E-state index in [-0.39, 0.29) is 0 Å². The monoisotopic (exact) mass is 296 g/mol. The van der Waals surface area contributed by atoms with E-state index < -0.39 is 0 Å². The molecule has 0 radical (unpaired) electrons. The quantitative estimate of drug-likeness (QED) is 0.744. The predicted octanol–water partition coefficient (Wildman–Crippen LogP) is 4.31. The van der Waals surface area contributed by atoms with Crippen molar-refractivity contribution in [3.05, 3.63) is 54.3 Å². The summed E-state index contributed by atoms with van der Waals surface area (Å²) in [5.41, 5.74) is 2.04. The lowest BCUT2D eigenvalue weighted by Gasteiger charge is -2.27. The van der Waals surface area contributed by atoms with Crippen molar-refractivity contribution in [1.29, 1.82) is 0 Å². The van der Waals surface area contributed by atoms with Gasteiger partial charge in [-0.25, -0.2) is 0 Å². The third-order valence-corrected chi connectivity index (χ3v) is 4.36. The first kappa shape index (κ1) is 15.0. The molecule has 0 spiro atoms. The minimum Gasteiger partial charge on any atom is -0.361 e. The molecule has 1 atom stereocenters. The van der Waals surface area contributed by atoms with Crippen LogP contribution in [0.4, 0.5) is 0 Å². The molecule has 116 valence electrons. The molecule has 0 fully saturated rings. The molecule has 3 rings (SSSR count). The third kappa shape index (κ3) is 3.86. The fourth-order valence-corrected chi connectivity index (χ4v) is 3.01. The molecule has 1 unspecified atom stereocenters. The van der Waals surface area contributed by atoms with Crippen LogP contribution in [0.2, 0.25) is 0 Å². The zero-order chi connectivity index (χ0) is 15.2. The van der Waals surface area contributed by atoms with Gasteiger partial charge in [0.15, 0.2) is 0 Å². The third-order valence-electron chi connectivity index (χ3n) is 4.36. The average molecular weight is 296 g/mol. The van der Waals surface area contributed by atoms with Gasteiger partial charge in [-0.1, -0.05) is 47.6 Å². The van der Waals surface area contributed by atoms with Crippen LogP contribution in [0.5, 0.6) is 0 Å². The summed E-state index contributed by atoms with van der Waals surface area (Å²) in [6.45, 7) is 1.09. The van der Waals surface area contributed by atoms with Crippen LogP contribution in [0.15, 0.2) is 53.1 Å². The minimum atomic E-state index is 0.614. The second-order valence-electron chi connectivity index (χ2n) is 6.06. The summed E-state index contributed by atoms with van der Waals surface area (Å²) in [5, 5.41) is 4.17. The second kappa shape index (κ2) is 7.41.